The number of aromatic nitrogens is 4. The van der Waals surface area contributed by atoms with Gasteiger partial charge in [0, 0.05) is 61.5 Å². The van der Waals surface area contributed by atoms with Crippen molar-refractivity contribution in [3.8, 4) is 34.2 Å². The highest BCUT2D eigenvalue weighted by Gasteiger charge is 2.33. The molecule has 13 rings (SSSR count). The van der Waals surface area contributed by atoms with E-state index in [0.717, 1.165) is 83.9 Å². The Labute approximate surface area is 338 Å². The molecule has 4 heterocycles. The summed E-state index contributed by atoms with van der Waals surface area (Å²) in [6, 6.07) is 57.5. The van der Waals surface area contributed by atoms with Gasteiger partial charge >= 0.3 is 0 Å². The number of ether oxygens (including phenoxy) is 1. The Morgan fingerprint density at radius 1 is 0.508 bits per heavy atom. The predicted octanol–water partition coefficient (Wildman–Crippen LogP) is 13.1. The van der Waals surface area contributed by atoms with E-state index in [1.165, 1.54) is 27.1 Å². The molecule has 0 bridgehead atoms. The zero-order valence-electron chi connectivity index (χ0n) is 31.6. The van der Waals surface area contributed by atoms with Gasteiger partial charge in [0.05, 0.1) is 11.0 Å². The van der Waals surface area contributed by atoms with Gasteiger partial charge in [-0.3, -0.25) is 0 Å². The second-order valence-electron chi connectivity index (χ2n) is 15.4. The molecule has 8 aromatic carbocycles. The molecule has 0 spiro atoms. The van der Waals surface area contributed by atoms with E-state index in [-0.39, 0.29) is 6.10 Å². The molecular formula is C53H32N4O2. The maximum absolute atomic E-state index is 6.68. The van der Waals surface area contributed by atoms with Crippen LogP contribution in [0.1, 0.15) is 17.8 Å². The van der Waals surface area contributed by atoms with Crippen molar-refractivity contribution >= 4 is 76.4 Å². The van der Waals surface area contributed by atoms with Crippen LogP contribution < -0.4 is 4.74 Å². The van der Waals surface area contributed by atoms with Crippen molar-refractivity contribution in [3.05, 3.63) is 187 Å². The lowest BCUT2D eigenvalue weighted by Crippen LogP contribution is -2.15. The van der Waals surface area contributed by atoms with Gasteiger partial charge in [-0.2, -0.15) is 0 Å². The number of allylic oxidation sites excluding steroid dienone is 2. The third-order valence-corrected chi connectivity index (χ3v) is 12.1. The van der Waals surface area contributed by atoms with E-state index in [1.807, 2.05) is 42.5 Å². The van der Waals surface area contributed by atoms with Crippen molar-refractivity contribution in [2.24, 2.45) is 0 Å². The van der Waals surface area contributed by atoms with Gasteiger partial charge in [-0.1, -0.05) is 127 Å². The topological polar surface area (TPSA) is 66.0 Å². The van der Waals surface area contributed by atoms with Gasteiger partial charge in [-0.25, -0.2) is 15.0 Å². The van der Waals surface area contributed by atoms with Crippen LogP contribution in [0.5, 0.6) is 5.75 Å². The summed E-state index contributed by atoms with van der Waals surface area (Å²) >= 11 is 0. The molecule has 3 aromatic heterocycles. The van der Waals surface area contributed by atoms with Crippen molar-refractivity contribution in [1.29, 1.82) is 0 Å². The number of benzene rings is 8. The molecule has 0 radical (unpaired) electrons. The monoisotopic (exact) mass is 756 g/mol. The van der Waals surface area contributed by atoms with Gasteiger partial charge in [-0.05, 0) is 70.1 Å². The van der Waals surface area contributed by atoms with E-state index < -0.39 is 0 Å². The average Bonchev–Trinajstić information content (AvgIpc) is 3.98. The summed E-state index contributed by atoms with van der Waals surface area (Å²) in [6.45, 7) is 0. The Bertz CT molecular complexity index is 3630. The predicted molar refractivity (Wildman–Crippen MR) is 239 cm³/mol. The average molecular weight is 757 g/mol. The van der Waals surface area contributed by atoms with Crippen LogP contribution in [0.4, 0.5) is 0 Å². The number of para-hydroxylation sites is 2. The fourth-order valence-corrected chi connectivity index (χ4v) is 9.47. The molecule has 6 heteroatoms. The Hall–Kier alpha value is -7.83. The molecular weight excluding hydrogens is 725 g/mol. The molecule has 6 nitrogen and oxygen atoms in total. The highest BCUT2D eigenvalue weighted by Crippen LogP contribution is 2.46. The van der Waals surface area contributed by atoms with Crippen LogP contribution in [0, 0.1) is 0 Å². The molecule has 2 aliphatic rings. The van der Waals surface area contributed by atoms with Gasteiger partial charge in [-0.15, -0.1) is 0 Å². The quantitative estimate of drug-likeness (QED) is 0.179. The minimum Gasteiger partial charge on any atom is -0.485 e. The Morgan fingerprint density at radius 2 is 1.25 bits per heavy atom. The molecule has 1 atom stereocenters. The molecule has 0 saturated heterocycles. The first-order valence-corrected chi connectivity index (χ1v) is 20.0. The van der Waals surface area contributed by atoms with Gasteiger partial charge < -0.3 is 13.7 Å². The van der Waals surface area contributed by atoms with E-state index in [4.69, 9.17) is 24.1 Å². The minimum absolute atomic E-state index is 0.0946. The molecule has 1 aliphatic carbocycles. The SMILES string of the molecule is C1=CC(c2nc(-c3ccccc3)nc(-c3cccc4oc5ccc6ccc(-n7c8ccccc8c8cc9ccccc9cc87)cc6c5c34)n2)=C2c3ccccc3OC2C1. The smallest absolute Gasteiger partial charge is 0.164 e. The first kappa shape index (κ1) is 32.3. The van der Waals surface area contributed by atoms with Crippen LogP contribution in [0.25, 0.3) is 105 Å². The molecule has 1 aliphatic heterocycles. The van der Waals surface area contributed by atoms with E-state index >= 15 is 0 Å². The second-order valence-corrected chi connectivity index (χ2v) is 15.4. The van der Waals surface area contributed by atoms with E-state index in [1.54, 1.807) is 0 Å². The van der Waals surface area contributed by atoms with Gasteiger partial charge in [0.25, 0.3) is 0 Å². The highest BCUT2D eigenvalue weighted by atomic mass is 16.5. The summed E-state index contributed by atoms with van der Waals surface area (Å²) in [4.78, 5) is 15.7. The molecule has 59 heavy (non-hydrogen) atoms. The number of furan rings is 1. The Morgan fingerprint density at radius 3 is 2.19 bits per heavy atom. The molecule has 0 amide bonds. The number of hydrogen-bond donors (Lipinski definition) is 0. The zero-order chi connectivity index (χ0) is 38.6. The Balaban J connectivity index is 1.07. The summed E-state index contributed by atoms with van der Waals surface area (Å²) in [5.41, 5.74) is 9.95. The summed E-state index contributed by atoms with van der Waals surface area (Å²) < 4.78 is 15.5. The maximum Gasteiger partial charge on any atom is 0.164 e. The van der Waals surface area contributed by atoms with Crippen molar-refractivity contribution in [2.75, 3.05) is 0 Å². The van der Waals surface area contributed by atoms with E-state index in [0.29, 0.717) is 17.5 Å². The van der Waals surface area contributed by atoms with Crippen molar-refractivity contribution in [2.45, 2.75) is 12.5 Å². The summed E-state index contributed by atoms with van der Waals surface area (Å²) in [5, 5.41) is 9.12. The van der Waals surface area contributed by atoms with Gasteiger partial charge in [0.2, 0.25) is 0 Å². The zero-order valence-corrected chi connectivity index (χ0v) is 31.6. The number of rotatable bonds is 4. The highest BCUT2D eigenvalue weighted by molar-refractivity contribution is 6.23. The molecule has 276 valence electrons. The lowest BCUT2D eigenvalue weighted by molar-refractivity contribution is 0.279. The first-order chi connectivity index (χ1) is 29.2. The van der Waals surface area contributed by atoms with Crippen molar-refractivity contribution in [3.63, 3.8) is 0 Å². The van der Waals surface area contributed by atoms with Crippen LogP contribution in [0.15, 0.2) is 180 Å². The van der Waals surface area contributed by atoms with Crippen LogP contribution in [-0.4, -0.2) is 25.6 Å². The fraction of sp³-hybridized carbons (Fsp3) is 0.0377. The third kappa shape index (κ3) is 4.83. The van der Waals surface area contributed by atoms with Crippen LogP contribution >= 0.6 is 0 Å². The van der Waals surface area contributed by atoms with Crippen molar-refractivity contribution in [1.82, 2.24) is 19.5 Å². The Kier molecular flexibility index (Phi) is 6.75. The van der Waals surface area contributed by atoms with Gasteiger partial charge in [0.15, 0.2) is 17.5 Å². The van der Waals surface area contributed by atoms with Gasteiger partial charge in [0.1, 0.15) is 23.0 Å². The summed E-state index contributed by atoms with van der Waals surface area (Å²) in [5.74, 6) is 2.69. The summed E-state index contributed by atoms with van der Waals surface area (Å²) in [6.07, 6.45) is 5.00. The lowest BCUT2D eigenvalue weighted by Gasteiger charge is -2.18. The molecule has 0 saturated carbocycles. The summed E-state index contributed by atoms with van der Waals surface area (Å²) in [7, 11) is 0. The normalized spacial score (nSPS) is 14.9. The molecule has 11 aromatic rings. The standard InChI is InChI=1S/C53H32N4O2/c1-2-12-32(13-3-1)51-54-52(38-18-10-22-45-48(38)37-17-7-9-21-44(37)58-45)56-53(55-51)39-19-11-23-46-49(39)50-40-30-35(26-24-31(40)25-27-47(50)59-46)57-42-20-8-6-16-36(42)41-28-33-14-4-5-15-34(33)29-43(41)57/h1-21,23-30,45H,22H2. The number of hydrogen-bond acceptors (Lipinski definition) is 5. The van der Waals surface area contributed by atoms with Crippen molar-refractivity contribution < 1.29 is 9.15 Å². The molecule has 1 unspecified atom stereocenters. The molecule has 0 N–H and O–H groups in total. The van der Waals surface area contributed by atoms with Crippen LogP contribution in [-0.2, 0) is 0 Å². The largest absolute Gasteiger partial charge is 0.485 e. The van der Waals surface area contributed by atoms with Crippen LogP contribution in [0.3, 0.4) is 0 Å². The number of nitrogens with zero attached hydrogens (tertiary/aromatic N) is 4. The van der Waals surface area contributed by atoms with E-state index in [2.05, 4.69) is 138 Å². The molecule has 0 fully saturated rings. The second kappa shape index (κ2) is 12.3. The lowest BCUT2D eigenvalue weighted by atomic mass is 9.90. The minimum atomic E-state index is -0.0946. The van der Waals surface area contributed by atoms with Crippen LogP contribution in [0.2, 0.25) is 0 Å². The fourth-order valence-electron chi connectivity index (χ4n) is 9.47. The third-order valence-electron chi connectivity index (χ3n) is 12.1. The maximum atomic E-state index is 6.68. The first-order valence-electron chi connectivity index (χ1n) is 20.0. The number of fused-ring (bicyclic) bond motifs is 12. The van der Waals surface area contributed by atoms with E-state index in [9.17, 15) is 0 Å².